The minimum Gasteiger partial charge on any atom is -0.449 e. The average molecular weight is 525 g/mol. The van der Waals surface area contributed by atoms with E-state index in [1.165, 1.54) is 0 Å². The van der Waals surface area contributed by atoms with E-state index >= 15 is 0 Å². The van der Waals surface area contributed by atoms with E-state index in [1.807, 2.05) is 36.4 Å². The molecule has 0 bridgehead atoms. The predicted molar refractivity (Wildman–Crippen MR) is 142 cm³/mol. The maximum atomic E-state index is 12.5. The molecule has 39 heavy (non-hydrogen) atoms. The molecule has 3 aromatic heterocycles. The first-order valence-electron chi connectivity index (χ1n) is 13.4. The maximum absolute atomic E-state index is 12.5. The van der Waals surface area contributed by atoms with Crippen LogP contribution in [-0.4, -0.2) is 37.8 Å². The molecule has 4 heterocycles. The minimum atomic E-state index is -0.616. The lowest BCUT2D eigenvalue weighted by Crippen LogP contribution is -2.22. The van der Waals surface area contributed by atoms with Gasteiger partial charge in [-0.3, -0.25) is 0 Å². The Morgan fingerprint density at radius 2 is 1.85 bits per heavy atom. The fourth-order valence-electron chi connectivity index (χ4n) is 5.51. The molecule has 10 nitrogen and oxygen atoms in total. The number of hydrogen-bond acceptors (Lipinski definition) is 10. The van der Waals surface area contributed by atoms with E-state index in [1.54, 1.807) is 18.3 Å². The Bertz CT molecular complexity index is 1530. The average Bonchev–Trinajstić information content (AvgIpc) is 3.39. The van der Waals surface area contributed by atoms with Crippen molar-refractivity contribution in [1.29, 1.82) is 0 Å². The van der Waals surface area contributed by atoms with Crippen LogP contribution in [0.1, 0.15) is 77.9 Å². The summed E-state index contributed by atoms with van der Waals surface area (Å²) in [5, 5.41) is 21.1. The zero-order chi connectivity index (χ0) is 26.4. The molecule has 2 fully saturated rings. The lowest BCUT2D eigenvalue weighted by Gasteiger charge is -2.22. The summed E-state index contributed by atoms with van der Waals surface area (Å²) < 4.78 is 11.4. The molecule has 1 aliphatic heterocycles. The Morgan fingerprint density at radius 1 is 1.03 bits per heavy atom. The highest BCUT2D eigenvalue weighted by atomic mass is 16.6. The number of nitrogens with one attached hydrogen (secondary N) is 2. The van der Waals surface area contributed by atoms with Crippen molar-refractivity contribution in [2.24, 2.45) is 0 Å². The SMILES string of the molecule is O=C1OC2(CCCC2)c2nc(Nc3cc(N[C@H](CO)c4ccccc4)c(-c4nc(C5CC5)no4)cn3)ccc21. The molecule has 2 saturated carbocycles. The molecule has 0 radical (unpaired) electrons. The zero-order valence-corrected chi connectivity index (χ0v) is 21.3. The quantitative estimate of drug-likeness (QED) is 0.263. The van der Waals surface area contributed by atoms with Gasteiger partial charge in [-0.1, -0.05) is 35.5 Å². The van der Waals surface area contributed by atoms with Crippen LogP contribution in [0.25, 0.3) is 11.5 Å². The third kappa shape index (κ3) is 4.40. The highest BCUT2D eigenvalue weighted by Gasteiger charge is 2.48. The summed E-state index contributed by atoms with van der Waals surface area (Å²) in [6.07, 6.45) is 7.41. The third-order valence-corrected chi connectivity index (χ3v) is 7.74. The number of fused-ring (bicyclic) bond motifs is 2. The van der Waals surface area contributed by atoms with Crippen molar-refractivity contribution in [3.8, 4) is 11.5 Å². The molecular weight excluding hydrogens is 496 g/mol. The second-order valence-corrected chi connectivity index (χ2v) is 10.4. The molecule has 1 aromatic carbocycles. The van der Waals surface area contributed by atoms with Crippen LogP contribution in [0, 0.1) is 0 Å². The summed E-state index contributed by atoms with van der Waals surface area (Å²) >= 11 is 0. The van der Waals surface area contributed by atoms with Gasteiger partial charge < -0.3 is 25.0 Å². The van der Waals surface area contributed by atoms with E-state index in [4.69, 9.17) is 14.2 Å². The molecule has 198 valence electrons. The summed E-state index contributed by atoms with van der Waals surface area (Å²) in [7, 11) is 0. The van der Waals surface area contributed by atoms with Crippen molar-refractivity contribution in [2.75, 3.05) is 17.2 Å². The number of carbonyl (C=O) groups is 1. The molecule has 3 N–H and O–H groups in total. The number of nitrogens with zero attached hydrogens (tertiary/aromatic N) is 4. The van der Waals surface area contributed by atoms with Gasteiger partial charge in [-0.15, -0.1) is 0 Å². The topological polar surface area (TPSA) is 135 Å². The van der Waals surface area contributed by atoms with E-state index < -0.39 is 5.60 Å². The Balaban J connectivity index is 1.23. The number of hydrogen-bond donors (Lipinski definition) is 3. The van der Waals surface area contributed by atoms with Crippen LogP contribution in [0.2, 0.25) is 0 Å². The van der Waals surface area contributed by atoms with Gasteiger partial charge in [-0.2, -0.15) is 4.98 Å². The number of ether oxygens (including phenoxy) is 1. The number of esters is 1. The predicted octanol–water partition coefficient (Wildman–Crippen LogP) is 5.23. The molecule has 0 unspecified atom stereocenters. The second kappa shape index (κ2) is 9.46. The van der Waals surface area contributed by atoms with Gasteiger partial charge in [0.05, 0.1) is 29.5 Å². The van der Waals surface area contributed by atoms with Crippen molar-refractivity contribution in [1.82, 2.24) is 20.1 Å². The number of aromatic nitrogens is 4. The summed E-state index contributed by atoms with van der Waals surface area (Å²) in [4.78, 5) is 26.5. The van der Waals surface area contributed by atoms with Gasteiger partial charge in [0.2, 0.25) is 0 Å². The lowest BCUT2D eigenvalue weighted by atomic mass is 9.96. The Labute approximate surface area is 224 Å². The number of aliphatic hydroxyl groups excluding tert-OH is 1. The van der Waals surface area contributed by atoms with E-state index in [0.717, 1.165) is 44.1 Å². The van der Waals surface area contributed by atoms with Crippen LogP contribution >= 0.6 is 0 Å². The van der Waals surface area contributed by atoms with Gasteiger partial charge in [-0.25, -0.2) is 14.8 Å². The van der Waals surface area contributed by atoms with E-state index in [-0.39, 0.29) is 18.6 Å². The number of benzene rings is 1. The molecule has 1 spiro atoms. The first kappa shape index (κ1) is 23.8. The van der Waals surface area contributed by atoms with E-state index in [2.05, 4.69) is 25.8 Å². The Kier molecular flexibility index (Phi) is 5.77. The molecule has 0 saturated heterocycles. The van der Waals surface area contributed by atoms with Gasteiger partial charge in [0, 0.05) is 18.2 Å². The summed E-state index contributed by atoms with van der Waals surface area (Å²) in [6, 6.07) is 14.7. The highest BCUT2D eigenvalue weighted by Crippen LogP contribution is 2.47. The van der Waals surface area contributed by atoms with Gasteiger partial charge in [0.15, 0.2) is 11.4 Å². The fraction of sp³-hybridized carbons (Fsp3) is 0.345. The number of aliphatic hydroxyl groups is 1. The van der Waals surface area contributed by atoms with Crippen LogP contribution in [-0.2, 0) is 10.3 Å². The largest absolute Gasteiger partial charge is 0.449 e. The van der Waals surface area contributed by atoms with Gasteiger partial charge >= 0.3 is 5.97 Å². The summed E-state index contributed by atoms with van der Waals surface area (Å²) in [6.45, 7) is -0.117. The zero-order valence-electron chi connectivity index (χ0n) is 21.3. The van der Waals surface area contributed by atoms with Crippen LogP contribution < -0.4 is 10.6 Å². The van der Waals surface area contributed by atoms with Crippen LogP contribution in [0.15, 0.2) is 59.3 Å². The molecule has 10 heteroatoms. The van der Waals surface area contributed by atoms with Crippen molar-refractivity contribution in [2.45, 2.75) is 56.1 Å². The van der Waals surface area contributed by atoms with Crippen molar-refractivity contribution in [3.05, 3.63) is 77.4 Å². The van der Waals surface area contributed by atoms with E-state index in [0.29, 0.717) is 51.8 Å². The van der Waals surface area contributed by atoms with Crippen LogP contribution in [0.5, 0.6) is 0 Å². The van der Waals surface area contributed by atoms with Crippen molar-refractivity contribution in [3.63, 3.8) is 0 Å². The first-order valence-corrected chi connectivity index (χ1v) is 13.4. The Morgan fingerprint density at radius 3 is 2.62 bits per heavy atom. The fourth-order valence-corrected chi connectivity index (χ4v) is 5.51. The highest BCUT2D eigenvalue weighted by molar-refractivity contribution is 5.94. The molecule has 2 aliphatic carbocycles. The molecule has 4 aromatic rings. The number of pyridine rings is 2. The minimum absolute atomic E-state index is 0.117. The summed E-state index contributed by atoms with van der Waals surface area (Å²) in [5.41, 5.74) is 2.87. The van der Waals surface area contributed by atoms with Crippen molar-refractivity contribution < 1.29 is 19.2 Å². The number of anilines is 3. The maximum Gasteiger partial charge on any atom is 0.341 e. The molecule has 3 aliphatic rings. The lowest BCUT2D eigenvalue weighted by molar-refractivity contribution is -0.00633. The molecule has 0 amide bonds. The normalized spacial score (nSPS) is 18.1. The van der Waals surface area contributed by atoms with Gasteiger partial charge in [0.1, 0.15) is 17.3 Å². The molecule has 1 atom stereocenters. The monoisotopic (exact) mass is 524 g/mol. The summed E-state index contributed by atoms with van der Waals surface area (Å²) in [5.74, 6) is 2.23. The van der Waals surface area contributed by atoms with Gasteiger partial charge in [-0.05, 0) is 56.2 Å². The smallest absolute Gasteiger partial charge is 0.341 e. The molecular formula is C29H28N6O4. The van der Waals surface area contributed by atoms with E-state index in [9.17, 15) is 9.90 Å². The Hall–Kier alpha value is -4.31. The molecule has 7 rings (SSSR count). The number of rotatable bonds is 8. The van der Waals surface area contributed by atoms with Crippen molar-refractivity contribution >= 4 is 23.3 Å². The standard InChI is InChI=1S/C29H28N6O4/c36-16-22(17-6-2-1-3-7-17)31-21-14-24(30-15-20(21)27-34-26(35-39-27)18-8-9-18)32-23-11-10-19-25(33-23)29(38-28(19)37)12-4-5-13-29/h1-3,6-7,10-11,14-15,18,22,36H,4-5,8-9,12-13,16H2,(H2,30,31,32,33)/t22-/m1/s1. The first-order chi connectivity index (χ1) is 19.1. The second-order valence-electron chi connectivity index (χ2n) is 10.4. The van der Waals surface area contributed by atoms with Crippen LogP contribution in [0.3, 0.4) is 0 Å². The van der Waals surface area contributed by atoms with Crippen LogP contribution in [0.4, 0.5) is 17.3 Å². The third-order valence-electron chi connectivity index (χ3n) is 7.74. The number of carbonyl (C=O) groups excluding carboxylic acids is 1. The van der Waals surface area contributed by atoms with Gasteiger partial charge in [0.25, 0.3) is 5.89 Å².